The van der Waals surface area contributed by atoms with Crippen molar-refractivity contribution in [3.05, 3.63) is 0 Å². The van der Waals surface area contributed by atoms with Gasteiger partial charge in [-0.15, -0.1) is 0 Å². The van der Waals surface area contributed by atoms with Crippen molar-refractivity contribution in [1.82, 2.24) is 10.6 Å². The van der Waals surface area contributed by atoms with E-state index < -0.39 is 24.6 Å². The minimum Gasteiger partial charge on any atom is -0.376 e. The van der Waals surface area contributed by atoms with Gasteiger partial charge in [0.1, 0.15) is 6.73 Å². The number of hydrogen-bond donors (Lipinski definition) is 4. The summed E-state index contributed by atoms with van der Waals surface area (Å²) in [5.41, 5.74) is 5.20. The second kappa shape index (κ2) is 5.50. The van der Waals surface area contributed by atoms with Crippen molar-refractivity contribution in [2.45, 2.75) is 13.0 Å². The van der Waals surface area contributed by atoms with E-state index >= 15 is 0 Å². The van der Waals surface area contributed by atoms with Crippen LogP contribution in [0, 0.1) is 0 Å². The maximum Gasteiger partial charge on any atom is 0.241 e. The summed E-state index contributed by atoms with van der Waals surface area (Å²) in [5.74, 6) is -0.852. The highest BCUT2D eigenvalue weighted by Crippen LogP contribution is 1.73. The molecule has 0 aromatic rings. The zero-order chi connectivity index (χ0) is 9.56. The van der Waals surface area contributed by atoms with Gasteiger partial charge in [-0.25, -0.2) is 0 Å². The summed E-state index contributed by atoms with van der Waals surface area (Å²) < 4.78 is 0. The van der Waals surface area contributed by atoms with E-state index in [1.165, 1.54) is 6.92 Å². The molecule has 0 aliphatic rings. The zero-order valence-electron chi connectivity index (χ0n) is 6.83. The molecule has 0 fully saturated rings. The molecule has 1 unspecified atom stereocenters. The number of nitrogens with one attached hydrogen (secondary N) is 2. The van der Waals surface area contributed by atoms with E-state index in [2.05, 4.69) is 10.6 Å². The Bertz CT molecular complexity index is 169. The van der Waals surface area contributed by atoms with Gasteiger partial charge in [0.05, 0.1) is 12.6 Å². The molecule has 0 aliphatic heterocycles. The van der Waals surface area contributed by atoms with Crippen molar-refractivity contribution < 1.29 is 14.7 Å². The second-order valence-electron chi connectivity index (χ2n) is 2.26. The number of nitrogens with two attached hydrogens (primary N) is 1. The first-order valence-corrected chi connectivity index (χ1v) is 3.48. The lowest BCUT2D eigenvalue weighted by molar-refractivity contribution is -0.127. The molecule has 0 heterocycles. The fraction of sp³-hybridized carbons (Fsp3) is 0.667. The van der Waals surface area contributed by atoms with Crippen molar-refractivity contribution in [3.63, 3.8) is 0 Å². The molecule has 6 heteroatoms. The maximum atomic E-state index is 10.8. The summed E-state index contributed by atoms with van der Waals surface area (Å²) >= 11 is 0. The lowest BCUT2D eigenvalue weighted by atomic mass is 10.3. The highest BCUT2D eigenvalue weighted by molar-refractivity contribution is 5.86. The first-order chi connectivity index (χ1) is 5.57. The van der Waals surface area contributed by atoms with E-state index in [-0.39, 0.29) is 6.54 Å². The van der Waals surface area contributed by atoms with E-state index in [0.717, 1.165) is 0 Å². The smallest absolute Gasteiger partial charge is 0.241 e. The monoisotopic (exact) mass is 175 g/mol. The molecule has 0 saturated carbocycles. The molecule has 12 heavy (non-hydrogen) atoms. The van der Waals surface area contributed by atoms with Crippen LogP contribution in [0.3, 0.4) is 0 Å². The molecule has 2 amide bonds. The molecule has 0 bridgehead atoms. The number of hydrogen-bond acceptors (Lipinski definition) is 4. The average molecular weight is 175 g/mol. The van der Waals surface area contributed by atoms with E-state index in [1.807, 2.05) is 0 Å². The Morgan fingerprint density at radius 2 is 2.08 bits per heavy atom. The van der Waals surface area contributed by atoms with Crippen LogP contribution in [-0.4, -0.2) is 36.2 Å². The van der Waals surface area contributed by atoms with E-state index in [1.54, 1.807) is 0 Å². The third-order valence-electron chi connectivity index (χ3n) is 1.11. The van der Waals surface area contributed by atoms with Gasteiger partial charge in [-0.1, -0.05) is 0 Å². The van der Waals surface area contributed by atoms with E-state index in [4.69, 9.17) is 10.8 Å². The maximum absolute atomic E-state index is 10.8. The third kappa shape index (κ3) is 4.64. The van der Waals surface area contributed by atoms with Gasteiger partial charge in [-0.3, -0.25) is 9.59 Å². The summed E-state index contributed by atoms with van der Waals surface area (Å²) in [6, 6.07) is -0.632. The van der Waals surface area contributed by atoms with Gasteiger partial charge < -0.3 is 21.5 Å². The highest BCUT2D eigenvalue weighted by Gasteiger charge is 2.07. The standard InChI is InChI=1S/C6H13N3O3/c1-4(7)6(12)8-2-5(11)9-3-10/h4,10H,2-3,7H2,1H3,(H,8,12)(H,9,11). The summed E-state index contributed by atoms with van der Waals surface area (Å²) in [7, 11) is 0. The van der Waals surface area contributed by atoms with Crippen LogP contribution in [0.1, 0.15) is 6.92 Å². The van der Waals surface area contributed by atoms with Crippen molar-refractivity contribution in [3.8, 4) is 0 Å². The lowest BCUT2D eigenvalue weighted by Gasteiger charge is -2.06. The predicted octanol–water partition coefficient (Wildman–Crippen LogP) is -2.48. The fourth-order valence-corrected chi connectivity index (χ4v) is 0.479. The Morgan fingerprint density at radius 1 is 1.50 bits per heavy atom. The molecular formula is C6H13N3O3. The van der Waals surface area contributed by atoms with Gasteiger partial charge in [-0.05, 0) is 6.92 Å². The van der Waals surface area contributed by atoms with Crippen LogP contribution >= 0.6 is 0 Å². The Kier molecular flexibility index (Phi) is 4.98. The second-order valence-corrected chi connectivity index (χ2v) is 2.26. The summed E-state index contributed by atoms with van der Waals surface area (Å²) in [4.78, 5) is 21.4. The molecule has 0 rings (SSSR count). The summed E-state index contributed by atoms with van der Waals surface area (Å²) in [5, 5.41) is 12.6. The van der Waals surface area contributed by atoms with Gasteiger partial charge in [0, 0.05) is 0 Å². The van der Waals surface area contributed by atoms with E-state index in [9.17, 15) is 9.59 Å². The topological polar surface area (TPSA) is 104 Å². The first kappa shape index (κ1) is 10.9. The minimum absolute atomic E-state index is 0.166. The van der Waals surface area contributed by atoms with Crippen molar-refractivity contribution >= 4 is 11.8 Å². The largest absolute Gasteiger partial charge is 0.376 e. The van der Waals surface area contributed by atoms with Crippen LogP contribution in [0.4, 0.5) is 0 Å². The lowest BCUT2D eigenvalue weighted by Crippen LogP contribution is -2.43. The van der Waals surface area contributed by atoms with Gasteiger partial charge in [0.15, 0.2) is 0 Å². The number of aliphatic hydroxyl groups is 1. The molecule has 0 aromatic heterocycles. The van der Waals surface area contributed by atoms with E-state index in [0.29, 0.717) is 0 Å². The van der Waals surface area contributed by atoms with Crippen LogP contribution in [0.15, 0.2) is 0 Å². The van der Waals surface area contributed by atoms with Gasteiger partial charge in [0.2, 0.25) is 11.8 Å². The molecule has 5 N–H and O–H groups in total. The Hall–Kier alpha value is -1.14. The van der Waals surface area contributed by atoms with Crippen molar-refractivity contribution in [2.75, 3.05) is 13.3 Å². The Morgan fingerprint density at radius 3 is 2.50 bits per heavy atom. The van der Waals surface area contributed by atoms with Crippen LogP contribution in [-0.2, 0) is 9.59 Å². The normalized spacial score (nSPS) is 11.9. The molecule has 1 atom stereocenters. The SMILES string of the molecule is CC(N)C(=O)NCC(=O)NCO. The number of carbonyl (C=O) groups excluding carboxylic acids is 2. The molecule has 0 spiro atoms. The van der Waals surface area contributed by atoms with Gasteiger partial charge in [0.25, 0.3) is 0 Å². The number of aliphatic hydroxyl groups excluding tert-OH is 1. The quantitative estimate of drug-likeness (QED) is 0.355. The van der Waals surface area contributed by atoms with Crippen LogP contribution in [0.5, 0.6) is 0 Å². The first-order valence-electron chi connectivity index (χ1n) is 3.48. The van der Waals surface area contributed by atoms with Gasteiger partial charge in [-0.2, -0.15) is 0 Å². The Balaban J connectivity index is 3.54. The third-order valence-corrected chi connectivity index (χ3v) is 1.11. The predicted molar refractivity (Wildman–Crippen MR) is 41.9 cm³/mol. The fourth-order valence-electron chi connectivity index (χ4n) is 0.479. The molecule has 70 valence electrons. The number of amides is 2. The molecular weight excluding hydrogens is 162 g/mol. The van der Waals surface area contributed by atoms with Crippen molar-refractivity contribution in [1.29, 1.82) is 0 Å². The molecule has 6 nitrogen and oxygen atoms in total. The average Bonchev–Trinajstić information content (AvgIpc) is 2.00. The molecule has 0 aromatic carbocycles. The minimum atomic E-state index is -0.632. The Labute approximate surface area is 70.1 Å². The van der Waals surface area contributed by atoms with Crippen LogP contribution < -0.4 is 16.4 Å². The van der Waals surface area contributed by atoms with Crippen LogP contribution in [0.2, 0.25) is 0 Å². The molecule has 0 radical (unpaired) electrons. The summed E-state index contributed by atoms with van der Waals surface area (Å²) in [6.07, 6.45) is 0. The van der Waals surface area contributed by atoms with Crippen molar-refractivity contribution in [2.24, 2.45) is 5.73 Å². The molecule has 0 saturated heterocycles. The van der Waals surface area contributed by atoms with Gasteiger partial charge >= 0.3 is 0 Å². The summed E-state index contributed by atoms with van der Waals surface area (Å²) in [6.45, 7) is 0.910. The number of rotatable bonds is 4. The van der Waals surface area contributed by atoms with Crippen LogP contribution in [0.25, 0.3) is 0 Å². The molecule has 0 aliphatic carbocycles. The highest BCUT2D eigenvalue weighted by atomic mass is 16.3. The zero-order valence-corrected chi connectivity index (χ0v) is 6.83. The number of carbonyl (C=O) groups is 2.